The number of carbonyl (C=O) groups is 1. The maximum atomic E-state index is 13.6. The number of nitrogens with one attached hydrogen (secondary N) is 2. The van der Waals surface area contributed by atoms with Crippen LogP contribution < -0.4 is 5.32 Å². The number of benzene rings is 2. The number of amides is 1. The van der Waals surface area contributed by atoms with Crippen LogP contribution in [0.2, 0.25) is 0 Å². The van der Waals surface area contributed by atoms with Crippen LogP contribution in [0.15, 0.2) is 42.5 Å². The molecule has 1 aromatic heterocycles. The van der Waals surface area contributed by atoms with Gasteiger partial charge < -0.3 is 10.2 Å². The Morgan fingerprint density at radius 1 is 1.11 bits per heavy atom. The van der Waals surface area contributed by atoms with Crippen molar-refractivity contribution in [2.24, 2.45) is 0 Å². The first kappa shape index (κ1) is 17.4. The van der Waals surface area contributed by atoms with E-state index in [1.54, 1.807) is 0 Å². The van der Waals surface area contributed by atoms with Gasteiger partial charge in [-0.3, -0.25) is 9.89 Å². The van der Waals surface area contributed by atoms with E-state index in [9.17, 15) is 4.79 Å². The minimum atomic E-state index is 0.0704. The normalized spacial score (nSPS) is 17.0. The van der Waals surface area contributed by atoms with Crippen LogP contribution in [-0.4, -0.2) is 33.6 Å². The number of hydrogen-bond donors (Lipinski definition) is 2. The van der Waals surface area contributed by atoms with Gasteiger partial charge in [0.15, 0.2) is 5.69 Å². The fourth-order valence-corrected chi connectivity index (χ4v) is 4.73. The van der Waals surface area contributed by atoms with Crippen molar-refractivity contribution in [3.8, 4) is 0 Å². The van der Waals surface area contributed by atoms with Crippen molar-refractivity contribution in [2.75, 3.05) is 6.54 Å². The summed E-state index contributed by atoms with van der Waals surface area (Å²) in [5, 5.41) is 13.4. The topological polar surface area (TPSA) is 61.0 Å². The van der Waals surface area contributed by atoms with Gasteiger partial charge in [-0.1, -0.05) is 55.3 Å². The van der Waals surface area contributed by atoms with Crippen LogP contribution in [0.3, 0.4) is 0 Å². The summed E-state index contributed by atoms with van der Waals surface area (Å²) in [5.41, 5.74) is 3.98. The number of rotatable bonds is 4. The molecule has 0 bridgehead atoms. The lowest BCUT2D eigenvalue weighted by atomic mass is 10.0. The molecular weight excluding hydrogens is 348 g/mol. The average Bonchev–Trinajstić information content (AvgIpc) is 3.41. The van der Waals surface area contributed by atoms with Crippen LogP contribution >= 0.6 is 0 Å². The third kappa shape index (κ3) is 3.10. The molecule has 1 fully saturated rings. The Bertz CT molecular complexity index is 998. The quantitative estimate of drug-likeness (QED) is 0.730. The molecule has 1 saturated carbocycles. The molecule has 144 valence electrons. The van der Waals surface area contributed by atoms with Crippen LogP contribution in [0.4, 0.5) is 0 Å². The number of aromatic amines is 1. The highest BCUT2D eigenvalue weighted by Gasteiger charge is 2.31. The molecule has 28 heavy (non-hydrogen) atoms. The predicted octanol–water partition coefficient (Wildman–Crippen LogP) is 3.79. The van der Waals surface area contributed by atoms with Gasteiger partial charge in [-0.05, 0) is 29.2 Å². The van der Waals surface area contributed by atoms with E-state index in [1.165, 1.54) is 29.2 Å². The zero-order valence-electron chi connectivity index (χ0n) is 16.1. The highest BCUT2D eigenvalue weighted by molar-refractivity contribution is 5.95. The summed E-state index contributed by atoms with van der Waals surface area (Å²) in [7, 11) is 0. The first-order chi connectivity index (χ1) is 13.8. The molecule has 0 saturated heterocycles. The summed E-state index contributed by atoms with van der Waals surface area (Å²) >= 11 is 0. The molecule has 1 amide bonds. The molecule has 1 aliphatic carbocycles. The van der Waals surface area contributed by atoms with Crippen LogP contribution in [0, 0.1) is 0 Å². The molecule has 1 aliphatic heterocycles. The van der Waals surface area contributed by atoms with Crippen molar-refractivity contribution in [2.45, 2.75) is 51.2 Å². The van der Waals surface area contributed by atoms with E-state index in [2.05, 4.69) is 62.9 Å². The molecule has 5 heteroatoms. The van der Waals surface area contributed by atoms with Gasteiger partial charge in [0, 0.05) is 43.4 Å². The molecule has 5 rings (SSSR count). The van der Waals surface area contributed by atoms with E-state index in [1.807, 2.05) is 0 Å². The predicted molar refractivity (Wildman–Crippen MR) is 110 cm³/mol. The maximum absolute atomic E-state index is 13.6. The number of carbonyl (C=O) groups excluding carboxylic acids is 1. The lowest BCUT2D eigenvalue weighted by Gasteiger charge is -2.29. The van der Waals surface area contributed by atoms with Gasteiger partial charge in [0.2, 0.25) is 0 Å². The number of aromatic nitrogens is 2. The SMILES string of the molecule is O=C(c1n[nH]c2c1CNCC2)N(Cc1cccc2ccccc12)C1CCCC1. The Balaban J connectivity index is 1.51. The maximum Gasteiger partial charge on any atom is 0.275 e. The Labute approximate surface area is 165 Å². The standard InChI is InChI=1S/C23H26N4O/c28-23(22-20-14-24-13-12-21(20)25-26-22)27(18-9-2-3-10-18)15-17-8-5-7-16-6-1-4-11-19(16)17/h1,4-8,11,18,24H,2-3,9-10,12-15H2,(H,25,26). The largest absolute Gasteiger partial charge is 0.330 e. The zero-order valence-corrected chi connectivity index (χ0v) is 16.1. The molecule has 0 unspecified atom stereocenters. The van der Waals surface area contributed by atoms with Crippen molar-refractivity contribution in [1.82, 2.24) is 20.4 Å². The molecule has 0 radical (unpaired) electrons. The summed E-state index contributed by atoms with van der Waals surface area (Å²) in [4.78, 5) is 15.7. The van der Waals surface area contributed by atoms with E-state index in [-0.39, 0.29) is 5.91 Å². The number of nitrogens with zero attached hydrogens (tertiary/aromatic N) is 2. The summed E-state index contributed by atoms with van der Waals surface area (Å²) in [6, 6.07) is 15.1. The molecule has 0 atom stereocenters. The van der Waals surface area contributed by atoms with Crippen molar-refractivity contribution < 1.29 is 4.79 Å². The second kappa shape index (κ2) is 7.40. The summed E-state index contributed by atoms with van der Waals surface area (Å²) in [5.74, 6) is 0.0704. The lowest BCUT2D eigenvalue weighted by Crippen LogP contribution is -2.39. The molecule has 2 aliphatic rings. The second-order valence-electron chi connectivity index (χ2n) is 7.97. The minimum absolute atomic E-state index is 0.0704. The van der Waals surface area contributed by atoms with Crippen molar-refractivity contribution in [3.63, 3.8) is 0 Å². The van der Waals surface area contributed by atoms with E-state index in [0.29, 0.717) is 18.3 Å². The van der Waals surface area contributed by atoms with Crippen LogP contribution in [0.25, 0.3) is 10.8 Å². The second-order valence-corrected chi connectivity index (χ2v) is 7.97. The van der Waals surface area contributed by atoms with Gasteiger partial charge in [-0.25, -0.2) is 0 Å². The van der Waals surface area contributed by atoms with Gasteiger partial charge >= 0.3 is 0 Å². The molecule has 2 aromatic carbocycles. The molecular formula is C23H26N4O. The number of hydrogen-bond acceptors (Lipinski definition) is 3. The van der Waals surface area contributed by atoms with Crippen LogP contribution in [-0.2, 0) is 19.5 Å². The summed E-state index contributed by atoms with van der Waals surface area (Å²) in [6.07, 6.45) is 5.47. The average molecular weight is 374 g/mol. The van der Waals surface area contributed by atoms with Gasteiger partial charge in [0.05, 0.1) is 0 Å². The van der Waals surface area contributed by atoms with Gasteiger partial charge in [0.25, 0.3) is 5.91 Å². The highest BCUT2D eigenvalue weighted by Crippen LogP contribution is 2.29. The third-order valence-corrected chi connectivity index (χ3v) is 6.26. The Kier molecular flexibility index (Phi) is 4.61. The van der Waals surface area contributed by atoms with Crippen molar-refractivity contribution in [3.05, 3.63) is 65.0 Å². The zero-order chi connectivity index (χ0) is 18.9. The Morgan fingerprint density at radius 3 is 2.82 bits per heavy atom. The van der Waals surface area contributed by atoms with Gasteiger partial charge in [-0.15, -0.1) is 0 Å². The molecule has 2 N–H and O–H groups in total. The minimum Gasteiger partial charge on any atom is -0.330 e. The van der Waals surface area contributed by atoms with Gasteiger partial charge in [0.1, 0.15) is 0 Å². The number of H-pyrrole nitrogens is 1. The fraction of sp³-hybridized carbons (Fsp3) is 0.391. The van der Waals surface area contributed by atoms with Gasteiger partial charge in [-0.2, -0.15) is 5.10 Å². The Morgan fingerprint density at radius 2 is 1.93 bits per heavy atom. The van der Waals surface area contributed by atoms with E-state index in [4.69, 9.17) is 0 Å². The monoisotopic (exact) mass is 374 g/mol. The third-order valence-electron chi connectivity index (χ3n) is 6.26. The number of fused-ring (bicyclic) bond motifs is 2. The first-order valence-corrected chi connectivity index (χ1v) is 10.4. The summed E-state index contributed by atoms with van der Waals surface area (Å²) in [6.45, 7) is 2.30. The van der Waals surface area contributed by atoms with E-state index >= 15 is 0 Å². The van der Waals surface area contributed by atoms with Crippen LogP contribution in [0.1, 0.15) is 53.0 Å². The molecule has 3 aromatic rings. The van der Waals surface area contributed by atoms with Crippen LogP contribution in [0.5, 0.6) is 0 Å². The molecule has 5 nitrogen and oxygen atoms in total. The van der Waals surface area contributed by atoms with E-state index in [0.717, 1.165) is 43.6 Å². The Hall–Kier alpha value is -2.66. The molecule has 2 heterocycles. The fourth-order valence-electron chi connectivity index (χ4n) is 4.73. The van der Waals surface area contributed by atoms with E-state index < -0.39 is 0 Å². The highest BCUT2D eigenvalue weighted by atomic mass is 16.2. The molecule has 0 spiro atoms. The smallest absolute Gasteiger partial charge is 0.275 e. The summed E-state index contributed by atoms with van der Waals surface area (Å²) < 4.78 is 0. The van der Waals surface area contributed by atoms with Crippen molar-refractivity contribution in [1.29, 1.82) is 0 Å². The first-order valence-electron chi connectivity index (χ1n) is 10.4. The lowest BCUT2D eigenvalue weighted by molar-refractivity contribution is 0.0658. The van der Waals surface area contributed by atoms with Crippen molar-refractivity contribution >= 4 is 16.7 Å².